The van der Waals surface area contributed by atoms with Crippen LogP contribution in [0.3, 0.4) is 0 Å². The summed E-state index contributed by atoms with van der Waals surface area (Å²) in [5.41, 5.74) is -0.413. The van der Waals surface area contributed by atoms with Gasteiger partial charge in [0.1, 0.15) is 6.54 Å². The number of hydrogen-bond donors (Lipinski definition) is 1. The number of alkyl halides is 3. The lowest BCUT2D eigenvalue weighted by Gasteiger charge is -2.27. The van der Waals surface area contributed by atoms with E-state index in [1.807, 2.05) is 0 Å². The molecule has 0 amide bonds. The van der Waals surface area contributed by atoms with Gasteiger partial charge in [-0.25, -0.2) is 0 Å². The molecule has 1 rings (SSSR count). The second kappa shape index (κ2) is 5.96. The fourth-order valence-electron chi connectivity index (χ4n) is 1.61. The topological polar surface area (TPSA) is 66.6 Å². The van der Waals surface area contributed by atoms with Crippen LogP contribution >= 0.6 is 11.3 Å². The molecule has 9 heteroatoms. The van der Waals surface area contributed by atoms with E-state index in [-0.39, 0.29) is 9.88 Å². The molecule has 114 valence electrons. The SMILES string of the molecule is CC(C)N(CC(F)(F)F)c1sc([C@H](C)O)cc1[N+](=O)[O-]. The van der Waals surface area contributed by atoms with Gasteiger partial charge in [0, 0.05) is 17.0 Å². The summed E-state index contributed by atoms with van der Waals surface area (Å²) in [7, 11) is 0. The van der Waals surface area contributed by atoms with Crippen molar-refractivity contribution in [1.29, 1.82) is 0 Å². The molecular formula is C11H15F3N2O3S. The van der Waals surface area contributed by atoms with Crippen LogP contribution in [0.1, 0.15) is 31.8 Å². The van der Waals surface area contributed by atoms with Gasteiger partial charge in [-0.3, -0.25) is 10.1 Å². The van der Waals surface area contributed by atoms with E-state index < -0.39 is 35.5 Å². The summed E-state index contributed by atoms with van der Waals surface area (Å²) < 4.78 is 37.8. The van der Waals surface area contributed by atoms with Crippen LogP contribution in [0.15, 0.2) is 6.07 Å². The number of halogens is 3. The molecule has 20 heavy (non-hydrogen) atoms. The lowest BCUT2D eigenvalue weighted by molar-refractivity contribution is -0.383. The highest BCUT2D eigenvalue weighted by molar-refractivity contribution is 7.16. The van der Waals surface area contributed by atoms with Gasteiger partial charge in [-0.15, -0.1) is 11.3 Å². The quantitative estimate of drug-likeness (QED) is 0.667. The Morgan fingerprint density at radius 1 is 1.45 bits per heavy atom. The zero-order valence-corrected chi connectivity index (χ0v) is 12.0. The van der Waals surface area contributed by atoms with Gasteiger partial charge in [0.15, 0.2) is 5.00 Å². The van der Waals surface area contributed by atoms with Crippen LogP contribution in [0.4, 0.5) is 23.9 Å². The molecule has 0 unspecified atom stereocenters. The van der Waals surface area contributed by atoms with E-state index in [0.29, 0.717) is 0 Å². The molecule has 1 heterocycles. The maximum absolute atomic E-state index is 12.6. The van der Waals surface area contributed by atoms with Gasteiger partial charge < -0.3 is 10.0 Å². The standard InChI is InChI=1S/C11H15F3N2O3S/c1-6(2)15(5-11(12,13)14)10-8(16(18)19)4-9(20-10)7(3)17/h4,6-7,17H,5H2,1-3H3/t7-/m0/s1. The summed E-state index contributed by atoms with van der Waals surface area (Å²) in [4.78, 5) is 11.4. The maximum atomic E-state index is 12.6. The van der Waals surface area contributed by atoms with Crippen molar-refractivity contribution in [1.82, 2.24) is 0 Å². The summed E-state index contributed by atoms with van der Waals surface area (Å²) in [6.45, 7) is 3.18. The molecule has 0 radical (unpaired) electrons. The molecule has 0 aliphatic heterocycles. The van der Waals surface area contributed by atoms with E-state index in [2.05, 4.69) is 0 Å². The largest absolute Gasteiger partial charge is 0.405 e. The summed E-state index contributed by atoms with van der Waals surface area (Å²) >= 11 is 0.807. The fourth-order valence-corrected chi connectivity index (χ4v) is 2.81. The van der Waals surface area contributed by atoms with Crippen LogP contribution in [0.5, 0.6) is 0 Å². The van der Waals surface area contributed by atoms with E-state index in [4.69, 9.17) is 0 Å². The number of nitro groups is 1. The predicted molar refractivity (Wildman–Crippen MR) is 70.1 cm³/mol. The lowest BCUT2D eigenvalue weighted by atomic mass is 10.3. The normalized spacial score (nSPS) is 13.6. The van der Waals surface area contributed by atoms with Gasteiger partial charge in [0.2, 0.25) is 0 Å². The zero-order valence-electron chi connectivity index (χ0n) is 11.1. The Hall–Kier alpha value is -1.35. The third-order valence-electron chi connectivity index (χ3n) is 2.55. The highest BCUT2D eigenvalue weighted by atomic mass is 32.1. The number of hydrogen-bond acceptors (Lipinski definition) is 5. The molecule has 0 spiro atoms. The summed E-state index contributed by atoms with van der Waals surface area (Å²) in [5, 5.41) is 20.3. The van der Waals surface area contributed by atoms with Crippen molar-refractivity contribution in [3.63, 3.8) is 0 Å². The van der Waals surface area contributed by atoms with Gasteiger partial charge in [0.25, 0.3) is 0 Å². The highest BCUT2D eigenvalue weighted by Crippen LogP contribution is 2.41. The van der Waals surface area contributed by atoms with Crippen molar-refractivity contribution in [3.05, 3.63) is 21.1 Å². The van der Waals surface area contributed by atoms with E-state index in [9.17, 15) is 28.4 Å². The Balaban J connectivity index is 3.28. The number of aliphatic hydroxyl groups excluding tert-OH is 1. The monoisotopic (exact) mass is 312 g/mol. The van der Waals surface area contributed by atoms with Crippen molar-refractivity contribution in [2.75, 3.05) is 11.4 Å². The van der Waals surface area contributed by atoms with E-state index >= 15 is 0 Å². The number of anilines is 1. The molecule has 0 aromatic carbocycles. The first-order valence-corrected chi connectivity index (χ1v) is 6.64. The van der Waals surface area contributed by atoms with Gasteiger partial charge in [0.05, 0.1) is 11.0 Å². The van der Waals surface area contributed by atoms with Crippen molar-refractivity contribution >= 4 is 22.0 Å². The number of nitrogens with zero attached hydrogens (tertiary/aromatic N) is 2. The Bertz CT molecular complexity index is 486. The van der Waals surface area contributed by atoms with Crippen molar-refractivity contribution in [3.8, 4) is 0 Å². The van der Waals surface area contributed by atoms with Crippen LogP contribution in [-0.4, -0.2) is 28.8 Å². The van der Waals surface area contributed by atoms with Crippen molar-refractivity contribution < 1.29 is 23.2 Å². The van der Waals surface area contributed by atoms with Crippen LogP contribution < -0.4 is 4.90 Å². The second-order valence-corrected chi connectivity index (χ2v) is 5.67. The first-order valence-electron chi connectivity index (χ1n) is 5.82. The first-order chi connectivity index (χ1) is 9.03. The summed E-state index contributed by atoms with van der Waals surface area (Å²) in [6, 6.07) is 0.562. The summed E-state index contributed by atoms with van der Waals surface area (Å²) in [6.07, 6.45) is -5.43. The molecule has 0 bridgehead atoms. The van der Waals surface area contributed by atoms with E-state index in [1.54, 1.807) is 0 Å². The van der Waals surface area contributed by atoms with Gasteiger partial charge in [-0.1, -0.05) is 0 Å². The van der Waals surface area contributed by atoms with Crippen molar-refractivity contribution in [2.24, 2.45) is 0 Å². The van der Waals surface area contributed by atoms with Crippen molar-refractivity contribution in [2.45, 2.75) is 39.1 Å². The first kappa shape index (κ1) is 16.7. The molecule has 5 nitrogen and oxygen atoms in total. The highest BCUT2D eigenvalue weighted by Gasteiger charge is 2.36. The molecular weight excluding hydrogens is 297 g/mol. The average Bonchev–Trinajstić information content (AvgIpc) is 2.68. The Morgan fingerprint density at radius 3 is 2.35 bits per heavy atom. The molecule has 1 aromatic heterocycles. The number of rotatable bonds is 5. The third kappa shape index (κ3) is 4.07. The molecule has 0 saturated heterocycles. The van der Waals surface area contributed by atoms with Crippen LogP contribution in [0.2, 0.25) is 0 Å². The molecule has 1 N–H and O–H groups in total. The molecule has 0 aliphatic rings. The van der Waals surface area contributed by atoms with Gasteiger partial charge in [-0.05, 0) is 20.8 Å². The third-order valence-corrected chi connectivity index (χ3v) is 3.89. The minimum Gasteiger partial charge on any atom is -0.388 e. The predicted octanol–water partition coefficient (Wildman–Crippen LogP) is 3.49. The van der Waals surface area contributed by atoms with E-state index in [0.717, 1.165) is 22.3 Å². The van der Waals surface area contributed by atoms with Crippen LogP contribution in [-0.2, 0) is 0 Å². The van der Waals surface area contributed by atoms with Gasteiger partial charge in [-0.2, -0.15) is 13.2 Å². The van der Waals surface area contributed by atoms with E-state index in [1.165, 1.54) is 20.8 Å². The molecule has 1 atom stereocenters. The van der Waals surface area contributed by atoms with Crippen LogP contribution in [0.25, 0.3) is 0 Å². The Labute approximate surface area is 117 Å². The number of aliphatic hydroxyl groups is 1. The molecule has 1 aromatic rings. The molecule has 0 aliphatic carbocycles. The lowest BCUT2D eigenvalue weighted by Crippen LogP contribution is -2.38. The average molecular weight is 312 g/mol. The number of thiophene rings is 1. The zero-order chi connectivity index (χ0) is 15.7. The molecule has 0 saturated carbocycles. The maximum Gasteiger partial charge on any atom is 0.405 e. The van der Waals surface area contributed by atoms with Gasteiger partial charge >= 0.3 is 11.9 Å². The Kier molecular flexibility index (Phi) is 4.98. The minimum absolute atomic E-state index is 0.0850. The smallest absolute Gasteiger partial charge is 0.388 e. The second-order valence-electron chi connectivity index (χ2n) is 4.61. The molecule has 0 fully saturated rings. The summed E-state index contributed by atoms with van der Waals surface area (Å²) in [5.74, 6) is 0. The fraction of sp³-hybridized carbons (Fsp3) is 0.636. The minimum atomic E-state index is -4.47. The van der Waals surface area contributed by atoms with Crippen LogP contribution in [0, 0.1) is 10.1 Å². The Morgan fingerprint density at radius 2 is 2.00 bits per heavy atom.